The first-order valence-corrected chi connectivity index (χ1v) is 13.1. The van der Waals surface area contributed by atoms with E-state index in [0.29, 0.717) is 30.0 Å². The molecule has 0 radical (unpaired) electrons. The van der Waals surface area contributed by atoms with Gasteiger partial charge in [0.1, 0.15) is 11.3 Å². The molecule has 4 aromatic rings. The minimum absolute atomic E-state index is 0.0806. The average Bonchev–Trinajstić information content (AvgIpc) is 3.35. The van der Waals surface area contributed by atoms with Crippen molar-refractivity contribution < 1.29 is 13.2 Å². The molecule has 3 heterocycles. The van der Waals surface area contributed by atoms with Crippen LogP contribution in [0, 0.1) is 13.8 Å². The van der Waals surface area contributed by atoms with Crippen molar-refractivity contribution >= 4 is 26.8 Å². The number of pyridine rings is 1. The van der Waals surface area contributed by atoms with E-state index < -0.39 is 9.84 Å². The third-order valence-corrected chi connectivity index (χ3v) is 8.04. The lowest BCUT2D eigenvalue weighted by Crippen LogP contribution is -2.24. The maximum Gasteiger partial charge on any atom is 0.272 e. The second-order valence-corrected chi connectivity index (χ2v) is 11.1. The molecule has 2 aromatic carbocycles. The Labute approximate surface area is 198 Å². The summed E-state index contributed by atoms with van der Waals surface area (Å²) in [6.07, 6.45) is 0.534. The van der Waals surface area contributed by atoms with Gasteiger partial charge >= 0.3 is 0 Å². The van der Waals surface area contributed by atoms with Crippen molar-refractivity contribution in [1.82, 2.24) is 19.9 Å². The van der Waals surface area contributed by atoms with E-state index in [1.54, 1.807) is 0 Å². The standard InChI is InChI=1S/C26H26N4O3S/c1-17-8-10-19(11-9-17)15-27-26(31)25-24-23(14-22(29-25)20-6-4-3-5-7-20)30(18(2)28-24)21-12-13-34(32,33)16-21/h3-11,14,21H,12-13,15-16H2,1-2H3,(H,27,31). The van der Waals surface area contributed by atoms with Crippen molar-refractivity contribution in [2.75, 3.05) is 11.5 Å². The molecule has 1 aliphatic heterocycles. The van der Waals surface area contributed by atoms with Gasteiger partial charge in [-0.1, -0.05) is 60.2 Å². The number of nitrogens with one attached hydrogen (secondary N) is 1. The number of aryl methyl sites for hydroxylation is 2. The first-order valence-electron chi connectivity index (χ1n) is 11.3. The summed E-state index contributed by atoms with van der Waals surface area (Å²) in [5, 5.41) is 2.97. The molecule has 1 amide bonds. The SMILES string of the molecule is Cc1ccc(CNC(=O)c2nc(-c3ccccc3)cc3c2nc(C)n3C2CCS(=O)(=O)C2)cc1. The van der Waals surface area contributed by atoms with Crippen LogP contribution in [0.25, 0.3) is 22.3 Å². The molecule has 1 unspecified atom stereocenters. The van der Waals surface area contributed by atoms with Crippen LogP contribution in [-0.2, 0) is 16.4 Å². The number of carbonyl (C=O) groups excluding carboxylic acids is 1. The smallest absolute Gasteiger partial charge is 0.272 e. The summed E-state index contributed by atoms with van der Waals surface area (Å²) in [7, 11) is -3.08. The van der Waals surface area contributed by atoms with E-state index in [9.17, 15) is 13.2 Å². The third kappa shape index (κ3) is 4.33. The highest BCUT2D eigenvalue weighted by Gasteiger charge is 2.32. The summed E-state index contributed by atoms with van der Waals surface area (Å²) in [6, 6.07) is 19.3. The molecule has 2 aromatic heterocycles. The van der Waals surface area contributed by atoms with Crippen molar-refractivity contribution in [2.45, 2.75) is 32.9 Å². The second kappa shape index (κ2) is 8.68. The number of hydrogen-bond donors (Lipinski definition) is 1. The van der Waals surface area contributed by atoms with Crippen molar-refractivity contribution in [3.8, 4) is 11.3 Å². The van der Waals surface area contributed by atoms with Gasteiger partial charge in [-0.05, 0) is 31.9 Å². The van der Waals surface area contributed by atoms with Gasteiger partial charge in [-0.2, -0.15) is 0 Å². The summed E-state index contributed by atoms with van der Waals surface area (Å²) in [4.78, 5) is 22.7. The van der Waals surface area contributed by atoms with E-state index in [0.717, 1.165) is 22.2 Å². The summed E-state index contributed by atoms with van der Waals surface area (Å²) in [5.74, 6) is 0.609. The van der Waals surface area contributed by atoms with Gasteiger partial charge in [0.25, 0.3) is 5.91 Å². The quantitative estimate of drug-likeness (QED) is 0.472. The van der Waals surface area contributed by atoms with Crippen LogP contribution in [0.5, 0.6) is 0 Å². The molecule has 1 saturated heterocycles. The zero-order valence-corrected chi connectivity index (χ0v) is 20.0. The zero-order chi connectivity index (χ0) is 23.9. The van der Waals surface area contributed by atoms with Gasteiger partial charge in [0.2, 0.25) is 0 Å². The Balaban J connectivity index is 1.59. The number of sulfone groups is 1. The molecule has 1 atom stereocenters. The molecule has 0 bridgehead atoms. The van der Waals surface area contributed by atoms with Gasteiger partial charge in [0, 0.05) is 12.1 Å². The Morgan fingerprint density at radius 3 is 2.47 bits per heavy atom. The Morgan fingerprint density at radius 2 is 1.79 bits per heavy atom. The topological polar surface area (TPSA) is 93.9 Å². The Kier molecular flexibility index (Phi) is 5.69. The van der Waals surface area contributed by atoms with E-state index in [1.807, 2.05) is 79.1 Å². The van der Waals surface area contributed by atoms with Crippen LogP contribution < -0.4 is 5.32 Å². The molecule has 1 fully saturated rings. The number of aromatic nitrogens is 3. The van der Waals surface area contributed by atoms with Crippen molar-refractivity contribution in [1.29, 1.82) is 0 Å². The van der Waals surface area contributed by atoms with Crippen LogP contribution in [0.2, 0.25) is 0 Å². The Bertz CT molecular complexity index is 1480. The zero-order valence-electron chi connectivity index (χ0n) is 19.2. The molecular weight excluding hydrogens is 448 g/mol. The fourth-order valence-corrected chi connectivity index (χ4v) is 6.24. The number of carbonyl (C=O) groups is 1. The molecule has 8 heteroatoms. The van der Waals surface area contributed by atoms with Gasteiger partial charge in [-0.25, -0.2) is 18.4 Å². The molecule has 0 aliphatic carbocycles. The number of amides is 1. The second-order valence-electron chi connectivity index (χ2n) is 8.84. The minimum Gasteiger partial charge on any atom is -0.347 e. The molecule has 0 saturated carbocycles. The van der Waals surface area contributed by atoms with Crippen LogP contribution in [0.1, 0.15) is 39.9 Å². The molecule has 5 rings (SSSR count). The van der Waals surface area contributed by atoms with Gasteiger partial charge in [-0.15, -0.1) is 0 Å². The van der Waals surface area contributed by atoms with Crippen LogP contribution in [-0.4, -0.2) is 40.4 Å². The highest BCUT2D eigenvalue weighted by atomic mass is 32.2. The average molecular weight is 475 g/mol. The van der Waals surface area contributed by atoms with Gasteiger partial charge < -0.3 is 9.88 Å². The molecule has 0 spiro atoms. The van der Waals surface area contributed by atoms with Crippen LogP contribution in [0.4, 0.5) is 0 Å². The minimum atomic E-state index is -3.08. The Morgan fingerprint density at radius 1 is 1.06 bits per heavy atom. The molecular formula is C26H26N4O3S. The fourth-order valence-electron chi connectivity index (χ4n) is 4.54. The summed E-state index contributed by atoms with van der Waals surface area (Å²) >= 11 is 0. The van der Waals surface area contributed by atoms with Gasteiger partial charge in [0.15, 0.2) is 15.5 Å². The van der Waals surface area contributed by atoms with E-state index >= 15 is 0 Å². The lowest BCUT2D eigenvalue weighted by molar-refractivity contribution is 0.0947. The first kappa shape index (κ1) is 22.3. The van der Waals surface area contributed by atoms with Crippen molar-refractivity contribution in [3.63, 3.8) is 0 Å². The van der Waals surface area contributed by atoms with Crippen molar-refractivity contribution in [2.24, 2.45) is 0 Å². The number of nitrogens with zero attached hydrogens (tertiary/aromatic N) is 3. The lowest BCUT2D eigenvalue weighted by Gasteiger charge is -2.15. The number of imidazole rings is 1. The largest absolute Gasteiger partial charge is 0.347 e. The van der Waals surface area contributed by atoms with Crippen LogP contribution in [0.3, 0.4) is 0 Å². The fraction of sp³-hybridized carbons (Fsp3) is 0.269. The molecule has 1 aliphatic rings. The molecule has 7 nitrogen and oxygen atoms in total. The monoisotopic (exact) mass is 474 g/mol. The maximum atomic E-state index is 13.3. The molecule has 34 heavy (non-hydrogen) atoms. The summed E-state index contributed by atoms with van der Waals surface area (Å²) in [6.45, 7) is 4.24. The number of hydrogen-bond acceptors (Lipinski definition) is 5. The van der Waals surface area contributed by atoms with Gasteiger partial charge in [0.05, 0.1) is 28.8 Å². The van der Waals surface area contributed by atoms with E-state index in [1.165, 1.54) is 0 Å². The van der Waals surface area contributed by atoms with Gasteiger partial charge in [-0.3, -0.25) is 4.79 Å². The van der Waals surface area contributed by atoms with Crippen LogP contribution >= 0.6 is 0 Å². The van der Waals surface area contributed by atoms with Crippen LogP contribution in [0.15, 0.2) is 60.7 Å². The lowest BCUT2D eigenvalue weighted by atomic mass is 10.1. The number of benzene rings is 2. The first-order chi connectivity index (χ1) is 16.3. The predicted molar refractivity (Wildman–Crippen MR) is 132 cm³/mol. The Hall–Kier alpha value is -3.52. The molecule has 174 valence electrons. The van der Waals surface area contributed by atoms with E-state index in [4.69, 9.17) is 4.98 Å². The van der Waals surface area contributed by atoms with E-state index in [2.05, 4.69) is 10.3 Å². The van der Waals surface area contributed by atoms with E-state index in [-0.39, 0.29) is 29.1 Å². The predicted octanol–water partition coefficient (Wildman–Crippen LogP) is 4.00. The normalized spacial score (nSPS) is 17.2. The summed E-state index contributed by atoms with van der Waals surface area (Å²) in [5.41, 5.74) is 5.14. The molecule has 1 N–H and O–H groups in total. The maximum absolute atomic E-state index is 13.3. The van der Waals surface area contributed by atoms with Crippen molar-refractivity contribution in [3.05, 3.63) is 83.3 Å². The number of fused-ring (bicyclic) bond motifs is 1. The third-order valence-electron chi connectivity index (χ3n) is 6.29. The summed E-state index contributed by atoms with van der Waals surface area (Å²) < 4.78 is 26.3. The highest BCUT2D eigenvalue weighted by molar-refractivity contribution is 7.91. The highest BCUT2D eigenvalue weighted by Crippen LogP contribution is 2.32. The number of rotatable bonds is 5.